The van der Waals surface area contributed by atoms with Crippen LogP contribution in [0, 0.1) is 12.8 Å². The number of anilines is 2. The van der Waals surface area contributed by atoms with Crippen LogP contribution >= 0.6 is 0 Å². The van der Waals surface area contributed by atoms with E-state index >= 15 is 0 Å². The molecule has 1 aliphatic rings. The molecule has 0 saturated heterocycles. The third-order valence-electron chi connectivity index (χ3n) is 6.07. The van der Waals surface area contributed by atoms with Crippen LogP contribution in [-0.2, 0) is 20.1 Å². The predicted molar refractivity (Wildman–Crippen MR) is 119 cm³/mol. The predicted octanol–water partition coefficient (Wildman–Crippen LogP) is 2.99. The number of nitrogens with zero attached hydrogens (tertiary/aromatic N) is 4. The fourth-order valence-corrected chi connectivity index (χ4v) is 4.49. The fourth-order valence-electron chi connectivity index (χ4n) is 4.49. The van der Waals surface area contributed by atoms with Crippen LogP contribution in [0.3, 0.4) is 0 Å². The Morgan fingerprint density at radius 1 is 1.20 bits per heavy atom. The molecule has 0 amide bonds. The van der Waals surface area contributed by atoms with Crippen LogP contribution < -0.4 is 20.7 Å². The van der Waals surface area contributed by atoms with Gasteiger partial charge in [0.2, 0.25) is 11.2 Å². The molecule has 3 aromatic rings. The molecular weight excluding hydrogens is 378 g/mol. The number of benzene rings is 1. The number of aromatic amines is 1. The number of nitrogens with one attached hydrogen (secondary N) is 1. The lowest BCUT2D eigenvalue weighted by Crippen LogP contribution is -2.52. The average molecular weight is 411 g/mol. The van der Waals surface area contributed by atoms with Crippen LogP contribution in [0.2, 0.25) is 0 Å². The van der Waals surface area contributed by atoms with Gasteiger partial charge in [-0.2, -0.15) is 0 Å². The molecule has 3 heterocycles. The zero-order chi connectivity index (χ0) is 21.4. The number of hydrogen-bond donors (Lipinski definition) is 1. The summed E-state index contributed by atoms with van der Waals surface area (Å²) in [5, 5.41) is 0. The van der Waals surface area contributed by atoms with E-state index < -0.39 is 0 Å². The highest BCUT2D eigenvalue weighted by Gasteiger charge is 2.35. The van der Waals surface area contributed by atoms with E-state index in [0.717, 1.165) is 50.4 Å². The van der Waals surface area contributed by atoms with E-state index in [0.29, 0.717) is 23.6 Å². The van der Waals surface area contributed by atoms with E-state index in [9.17, 15) is 9.59 Å². The molecule has 0 bridgehead atoms. The highest BCUT2D eigenvalue weighted by molar-refractivity contribution is 5.70. The van der Waals surface area contributed by atoms with Crippen LogP contribution in [0.5, 0.6) is 0 Å². The van der Waals surface area contributed by atoms with Crippen molar-refractivity contribution in [1.82, 2.24) is 14.1 Å². The van der Waals surface area contributed by atoms with Gasteiger partial charge in [0.1, 0.15) is 5.69 Å². The molecule has 1 atom stereocenters. The van der Waals surface area contributed by atoms with E-state index in [-0.39, 0.29) is 11.2 Å². The lowest BCUT2D eigenvalue weighted by Gasteiger charge is -2.26. The summed E-state index contributed by atoms with van der Waals surface area (Å²) in [5.41, 5.74) is 3.02. The van der Waals surface area contributed by atoms with Crippen LogP contribution in [0.1, 0.15) is 45.1 Å². The Balaban J connectivity index is 1.87. The summed E-state index contributed by atoms with van der Waals surface area (Å²) in [7, 11) is 1.75. The number of hydrogen-bond acceptors (Lipinski definition) is 3. The number of fused-ring (bicyclic) bond motifs is 3. The zero-order valence-electron chi connectivity index (χ0n) is 18.4. The topological polar surface area (TPSA) is 66.9 Å². The summed E-state index contributed by atoms with van der Waals surface area (Å²) in [6.45, 7) is 8.51. The van der Waals surface area contributed by atoms with Crippen molar-refractivity contribution in [1.29, 1.82) is 0 Å². The second-order valence-corrected chi connectivity index (χ2v) is 8.67. The van der Waals surface area contributed by atoms with Crippen molar-refractivity contribution in [3.63, 3.8) is 0 Å². The van der Waals surface area contributed by atoms with Crippen LogP contribution in [-0.4, -0.2) is 20.7 Å². The SMILES string of the molecule is CCCCCCn1c(=O)c2c([nH]c3[n+]2C[C@H](C)CN3c2cccc(C)c2)n(C)c1=O. The first-order valence-electron chi connectivity index (χ1n) is 11.0. The van der Waals surface area contributed by atoms with Gasteiger partial charge in [0.05, 0.1) is 13.1 Å². The normalized spacial score (nSPS) is 16.3. The summed E-state index contributed by atoms with van der Waals surface area (Å²) in [6.07, 6.45) is 4.12. The Bertz CT molecular complexity index is 1190. The van der Waals surface area contributed by atoms with Crippen molar-refractivity contribution >= 4 is 22.8 Å². The number of H-pyrrole nitrogens is 1. The minimum atomic E-state index is -0.252. The molecule has 160 valence electrons. The van der Waals surface area contributed by atoms with E-state index in [1.54, 1.807) is 11.6 Å². The number of aromatic nitrogens is 4. The lowest BCUT2D eigenvalue weighted by atomic mass is 10.1. The van der Waals surface area contributed by atoms with Gasteiger partial charge in [0.15, 0.2) is 0 Å². The summed E-state index contributed by atoms with van der Waals surface area (Å²) in [4.78, 5) is 31.9. The maximum absolute atomic E-state index is 13.4. The van der Waals surface area contributed by atoms with Crippen LogP contribution in [0.15, 0.2) is 33.9 Å². The Kier molecular flexibility index (Phi) is 5.54. The molecule has 2 aromatic heterocycles. The maximum Gasteiger partial charge on any atom is 0.364 e. The van der Waals surface area contributed by atoms with E-state index in [2.05, 4.69) is 59.5 Å². The van der Waals surface area contributed by atoms with Gasteiger partial charge in [-0.1, -0.05) is 45.2 Å². The summed E-state index contributed by atoms with van der Waals surface area (Å²) < 4.78 is 5.06. The van der Waals surface area contributed by atoms with E-state index in [1.807, 2.05) is 0 Å². The highest BCUT2D eigenvalue weighted by Crippen LogP contribution is 2.28. The Labute approximate surface area is 176 Å². The summed E-state index contributed by atoms with van der Waals surface area (Å²) >= 11 is 0. The first-order valence-corrected chi connectivity index (χ1v) is 11.0. The average Bonchev–Trinajstić information content (AvgIpc) is 3.10. The first kappa shape index (κ1) is 20.4. The standard InChI is InChI=1S/C23H31N5O2/c1-5-6-7-8-12-26-21(29)19-20(25(4)23(26)30)24-22-27(14-17(3)15-28(19)22)18-11-9-10-16(2)13-18/h9-11,13,17H,5-8,12,14-15H2,1-4H3/p+1/t17-/m1/s1. The quantitative estimate of drug-likeness (QED) is 0.502. The van der Waals surface area contributed by atoms with Crippen molar-refractivity contribution in [2.24, 2.45) is 13.0 Å². The number of imidazole rings is 1. The second kappa shape index (κ2) is 8.13. The number of unbranched alkanes of at least 4 members (excludes halogenated alkanes) is 3. The molecule has 1 N–H and O–H groups in total. The zero-order valence-corrected chi connectivity index (χ0v) is 18.4. The molecule has 0 aliphatic carbocycles. The molecular formula is C23H32N5O2+. The minimum absolute atomic E-state index is 0.189. The molecule has 7 heteroatoms. The minimum Gasteiger partial charge on any atom is -0.267 e. The third-order valence-corrected chi connectivity index (χ3v) is 6.07. The number of rotatable bonds is 6. The van der Waals surface area contributed by atoms with Gasteiger partial charge in [-0.05, 0) is 31.0 Å². The Hall–Kier alpha value is -2.83. The summed E-state index contributed by atoms with van der Waals surface area (Å²) in [6, 6.07) is 8.37. The van der Waals surface area contributed by atoms with Gasteiger partial charge in [-0.15, -0.1) is 0 Å². The second-order valence-electron chi connectivity index (χ2n) is 8.67. The van der Waals surface area contributed by atoms with Crippen molar-refractivity contribution in [2.75, 3.05) is 11.4 Å². The molecule has 4 rings (SSSR count). The molecule has 30 heavy (non-hydrogen) atoms. The van der Waals surface area contributed by atoms with Gasteiger partial charge in [-0.3, -0.25) is 13.9 Å². The fraction of sp³-hybridized carbons (Fsp3) is 0.522. The van der Waals surface area contributed by atoms with Crippen LogP contribution in [0.25, 0.3) is 11.2 Å². The molecule has 0 fully saturated rings. The van der Waals surface area contributed by atoms with Gasteiger partial charge in [-0.25, -0.2) is 19.2 Å². The molecule has 1 aliphatic heterocycles. The van der Waals surface area contributed by atoms with Crippen molar-refractivity contribution in [2.45, 2.75) is 59.5 Å². The maximum atomic E-state index is 13.4. The van der Waals surface area contributed by atoms with Gasteiger partial charge in [0.25, 0.3) is 5.56 Å². The van der Waals surface area contributed by atoms with E-state index in [1.165, 1.54) is 10.1 Å². The first-order chi connectivity index (χ1) is 14.4. The van der Waals surface area contributed by atoms with Gasteiger partial charge >= 0.3 is 11.6 Å². The third kappa shape index (κ3) is 3.46. The van der Waals surface area contributed by atoms with Crippen molar-refractivity contribution in [3.05, 3.63) is 50.7 Å². The molecule has 0 radical (unpaired) electrons. The molecule has 0 saturated carbocycles. The smallest absolute Gasteiger partial charge is 0.267 e. The number of aryl methyl sites for hydroxylation is 2. The van der Waals surface area contributed by atoms with Crippen LogP contribution in [0.4, 0.5) is 11.6 Å². The largest absolute Gasteiger partial charge is 0.364 e. The molecule has 0 spiro atoms. The van der Waals surface area contributed by atoms with Crippen molar-refractivity contribution in [3.8, 4) is 0 Å². The highest BCUT2D eigenvalue weighted by atomic mass is 16.2. The summed E-state index contributed by atoms with van der Waals surface area (Å²) in [5.74, 6) is 1.24. The van der Waals surface area contributed by atoms with Gasteiger partial charge < -0.3 is 0 Å². The molecule has 1 aromatic carbocycles. The molecule has 7 nitrogen and oxygen atoms in total. The monoisotopic (exact) mass is 410 g/mol. The molecule has 0 unspecified atom stereocenters. The Morgan fingerprint density at radius 3 is 2.73 bits per heavy atom. The Morgan fingerprint density at radius 2 is 2.00 bits per heavy atom. The lowest BCUT2D eigenvalue weighted by molar-refractivity contribution is -0.669. The van der Waals surface area contributed by atoms with E-state index in [4.69, 9.17) is 0 Å². The van der Waals surface area contributed by atoms with Gasteiger partial charge in [0, 0.05) is 19.5 Å². The van der Waals surface area contributed by atoms with Crippen molar-refractivity contribution < 1.29 is 4.57 Å².